The lowest BCUT2D eigenvalue weighted by atomic mass is 10.2. The molecule has 5 nitrogen and oxygen atoms in total. The third-order valence-electron chi connectivity index (χ3n) is 1.35. The number of nitrogens with two attached hydrogens (primary N) is 1. The van der Waals surface area contributed by atoms with E-state index < -0.39 is 28.9 Å². The molecule has 0 atom stereocenters. The van der Waals surface area contributed by atoms with Crippen molar-refractivity contribution in [2.75, 3.05) is 0 Å². The Kier molecular flexibility index (Phi) is 2.28. The smallest absolute Gasteiger partial charge is 0.364 e. The van der Waals surface area contributed by atoms with Gasteiger partial charge in [-0.05, 0) is 0 Å². The number of H-pyrrole nitrogens is 1. The zero-order valence-electron chi connectivity index (χ0n) is 6.55. The summed E-state index contributed by atoms with van der Waals surface area (Å²) in [6.45, 7) is 0. The lowest BCUT2D eigenvalue weighted by Crippen LogP contribution is -2.25. The summed E-state index contributed by atoms with van der Waals surface area (Å²) in [7, 11) is 0. The van der Waals surface area contributed by atoms with E-state index in [2.05, 4.69) is 10.8 Å². The Morgan fingerprint density at radius 1 is 1.50 bits per heavy atom. The topological polar surface area (TPSA) is 88.8 Å². The molecule has 0 bridgehead atoms. The van der Waals surface area contributed by atoms with Gasteiger partial charge in [0.15, 0.2) is 5.69 Å². The molecule has 76 valence electrons. The van der Waals surface area contributed by atoms with Crippen LogP contribution in [0.2, 0.25) is 0 Å². The molecule has 0 spiro atoms. The van der Waals surface area contributed by atoms with Crippen molar-refractivity contribution in [2.45, 2.75) is 6.18 Å². The number of primary amides is 1. The highest BCUT2D eigenvalue weighted by Gasteiger charge is 2.36. The minimum absolute atomic E-state index is 0.229. The maximum atomic E-state index is 12.2. The number of halogens is 3. The van der Waals surface area contributed by atoms with E-state index >= 15 is 0 Å². The number of carbonyl (C=O) groups is 1. The Bertz CT molecular complexity index is 423. The first-order valence-electron chi connectivity index (χ1n) is 3.29. The third-order valence-corrected chi connectivity index (χ3v) is 1.35. The molecule has 1 aromatic heterocycles. The summed E-state index contributed by atoms with van der Waals surface area (Å²) >= 11 is 0. The van der Waals surface area contributed by atoms with E-state index in [-0.39, 0.29) is 6.07 Å². The quantitative estimate of drug-likeness (QED) is 0.673. The van der Waals surface area contributed by atoms with Gasteiger partial charge in [0, 0.05) is 6.07 Å². The zero-order valence-corrected chi connectivity index (χ0v) is 6.55. The van der Waals surface area contributed by atoms with E-state index in [9.17, 15) is 22.8 Å². The summed E-state index contributed by atoms with van der Waals surface area (Å²) in [6, 6.07) is 0.229. The number of rotatable bonds is 1. The van der Waals surface area contributed by atoms with Gasteiger partial charge in [0.05, 0.1) is 5.56 Å². The van der Waals surface area contributed by atoms with Crippen molar-refractivity contribution in [3.8, 4) is 0 Å². The Hall–Kier alpha value is -1.86. The lowest BCUT2D eigenvalue weighted by molar-refractivity contribution is -0.138. The van der Waals surface area contributed by atoms with Crippen LogP contribution >= 0.6 is 0 Å². The van der Waals surface area contributed by atoms with Crippen LogP contribution in [0.3, 0.4) is 0 Å². The van der Waals surface area contributed by atoms with Crippen LogP contribution in [0.25, 0.3) is 0 Å². The van der Waals surface area contributed by atoms with Gasteiger partial charge in [-0.25, -0.2) is 5.10 Å². The number of aromatic amines is 1. The molecule has 0 fully saturated rings. The molecule has 0 radical (unpaired) electrons. The monoisotopic (exact) mass is 207 g/mol. The van der Waals surface area contributed by atoms with Crippen LogP contribution in [0.4, 0.5) is 13.2 Å². The van der Waals surface area contributed by atoms with E-state index in [0.717, 1.165) is 0 Å². The van der Waals surface area contributed by atoms with Crippen molar-refractivity contribution in [1.82, 2.24) is 10.2 Å². The second-order valence-electron chi connectivity index (χ2n) is 2.36. The number of aromatic nitrogens is 2. The van der Waals surface area contributed by atoms with E-state index in [1.807, 2.05) is 0 Å². The van der Waals surface area contributed by atoms with Gasteiger partial charge < -0.3 is 5.73 Å². The number of alkyl halides is 3. The van der Waals surface area contributed by atoms with Crippen molar-refractivity contribution < 1.29 is 18.0 Å². The molecular weight excluding hydrogens is 203 g/mol. The highest BCUT2D eigenvalue weighted by Crippen LogP contribution is 2.29. The standard InChI is InChI=1S/C6H4F3N3O2/c7-6(8,9)2-1-3(13)11-12-4(2)5(10)14/h1H,(H2,10,14)(H,11,13). The van der Waals surface area contributed by atoms with Gasteiger partial charge in [-0.1, -0.05) is 0 Å². The Morgan fingerprint density at radius 3 is 2.50 bits per heavy atom. The molecule has 0 aromatic carbocycles. The fraction of sp³-hybridized carbons (Fsp3) is 0.167. The maximum absolute atomic E-state index is 12.2. The van der Waals surface area contributed by atoms with Crippen molar-refractivity contribution in [1.29, 1.82) is 0 Å². The van der Waals surface area contributed by atoms with Crippen molar-refractivity contribution in [3.63, 3.8) is 0 Å². The molecule has 14 heavy (non-hydrogen) atoms. The molecule has 0 saturated heterocycles. The molecule has 1 heterocycles. The first-order chi connectivity index (χ1) is 6.32. The Morgan fingerprint density at radius 2 is 2.07 bits per heavy atom. The van der Waals surface area contributed by atoms with E-state index in [0.29, 0.717) is 0 Å². The highest BCUT2D eigenvalue weighted by atomic mass is 19.4. The average molecular weight is 207 g/mol. The maximum Gasteiger partial charge on any atom is 0.418 e. The fourth-order valence-corrected chi connectivity index (χ4v) is 0.807. The molecule has 1 rings (SSSR count). The van der Waals surface area contributed by atoms with Gasteiger partial charge in [-0.2, -0.15) is 18.3 Å². The average Bonchev–Trinajstić information content (AvgIpc) is 2.01. The van der Waals surface area contributed by atoms with Crippen LogP contribution in [0.15, 0.2) is 10.9 Å². The molecular formula is C6H4F3N3O2. The highest BCUT2D eigenvalue weighted by molar-refractivity contribution is 5.92. The first-order valence-corrected chi connectivity index (χ1v) is 3.29. The van der Waals surface area contributed by atoms with Crippen LogP contribution in [-0.4, -0.2) is 16.1 Å². The first kappa shape index (κ1) is 10.2. The number of carbonyl (C=O) groups excluding carboxylic acids is 1. The molecule has 8 heteroatoms. The molecule has 3 N–H and O–H groups in total. The summed E-state index contributed by atoms with van der Waals surface area (Å²) in [6.07, 6.45) is -4.83. The van der Waals surface area contributed by atoms with Gasteiger partial charge >= 0.3 is 6.18 Å². The summed E-state index contributed by atoms with van der Waals surface area (Å²) < 4.78 is 36.6. The predicted molar refractivity (Wildman–Crippen MR) is 38.4 cm³/mol. The summed E-state index contributed by atoms with van der Waals surface area (Å²) in [4.78, 5) is 21.1. The van der Waals surface area contributed by atoms with Crippen LogP contribution in [0, 0.1) is 0 Å². The van der Waals surface area contributed by atoms with Gasteiger partial charge in [0.1, 0.15) is 0 Å². The summed E-state index contributed by atoms with van der Waals surface area (Å²) in [5.74, 6) is -1.35. The van der Waals surface area contributed by atoms with Crippen molar-refractivity contribution in [2.24, 2.45) is 5.73 Å². The van der Waals surface area contributed by atoms with Crippen LogP contribution < -0.4 is 11.3 Å². The minimum Gasteiger partial charge on any atom is -0.364 e. The Labute approximate surface area is 74.7 Å². The SMILES string of the molecule is NC(=O)c1n[nH]c(=O)cc1C(F)(F)F. The van der Waals surface area contributed by atoms with Crippen molar-refractivity contribution in [3.05, 3.63) is 27.7 Å². The summed E-state index contributed by atoms with van der Waals surface area (Å²) in [5.41, 5.74) is 1.15. The molecule has 0 unspecified atom stereocenters. The Balaban J connectivity index is 3.45. The third kappa shape index (κ3) is 1.90. The predicted octanol–water partition coefficient (Wildman–Crippen LogP) is -0.112. The number of nitrogens with zero attached hydrogens (tertiary/aromatic N) is 1. The van der Waals surface area contributed by atoms with E-state index in [1.165, 1.54) is 0 Å². The normalized spacial score (nSPS) is 11.4. The van der Waals surface area contributed by atoms with Gasteiger partial charge in [0.25, 0.3) is 11.5 Å². The van der Waals surface area contributed by atoms with Gasteiger partial charge in [0.2, 0.25) is 0 Å². The number of hydrogen-bond acceptors (Lipinski definition) is 3. The largest absolute Gasteiger partial charge is 0.418 e. The van der Waals surface area contributed by atoms with Crippen LogP contribution in [-0.2, 0) is 6.18 Å². The van der Waals surface area contributed by atoms with E-state index in [1.54, 1.807) is 5.10 Å². The fourth-order valence-electron chi connectivity index (χ4n) is 0.807. The van der Waals surface area contributed by atoms with Crippen LogP contribution in [0.5, 0.6) is 0 Å². The van der Waals surface area contributed by atoms with E-state index in [4.69, 9.17) is 0 Å². The number of hydrogen-bond donors (Lipinski definition) is 2. The lowest BCUT2D eigenvalue weighted by Gasteiger charge is -2.07. The molecule has 0 saturated carbocycles. The zero-order chi connectivity index (χ0) is 10.9. The minimum atomic E-state index is -4.83. The van der Waals surface area contributed by atoms with Crippen LogP contribution in [0.1, 0.15) is 16.1 Å². The second-order valence-corrected chi connectivity index (χ2v) is 2.36. The second kappa shape index (κ2) is 3.13. The molecule has 0 aliphatic carbocycles. The molecule has 1 amide bonds. The number of nitrogens with one attached hydrogen (secondary N) is 1. The molecule has 1 aromatic rings. The molecule has 0 aliphatic heterocycles. The van der Waals surface area contributed by atoms with Gasteiger partial charge in [-0.3, -0.25) is 9.59 Å². The van der Waals surface area contributed by atoms with Crippen molar-refractivity contribution >= 4 is 5.91 Å². The number of amides is 1. The molecule has 0 aliphatic rings. The van der Waals surface area contributed by atoms with Gasteiger partial charge in [-0.15, -0.1) is 0 Å². The summed E-state index contributed by atoms with van der Waals surface area (Å²) in [5, 5.41) is 4.60.